The van der Waals surface area contributed by atoms with Gasteiger partial charge < -0.3 is 14.1 Å². The van der Waals surface area contributed by atoms with Gasteiger partial charge in [0, 0.05) is 32.4 Å². The fraction of sp³-hybridized carbons (Fsp3) is 0.259. The first-order valence-electron chi connectivity index (χ1n) is 11.5. The van der Waals surface area contributed by atoms with Crippen LogP contribution in [0, 0.1) is 17.2 Å². The summed E-state index contributed by atoms with van der Waals surface area (Å²) in [6.45, 7) is 0.959. The Bertz CT molecular complexity index is 1410. The third kappa shape index (κ3) is 4.17. The monoisotopic (exact) mass is 501 g/mol. The maximum atomic E-state index is 11.6. The Balaban J connectivity index is 1.46. The van der Waals surface area contributed by atoms with E-state index in [-0.39, 0.29) is 11.9 Å². The van der Waals surface area contributed by atoms with Crippen LogP contribution in [0.5, 0.6) is 5.75 Å². The van der Waals surface area contributed by atoms with Gasteiger partial charge in [-0.15, -0.1) is 16.7 Å². The molecule has 1 saturated heterocycles. The number of hydrogen-bond acceptors (Lipinski definition) is 7. The molecule has 2 aliphatic heterocycles. The lowest BCUT2D eigenvalue weighted by molar-refractivity contribution is -0.176. The van der Waals surface area contributed by atoms with Gasteiger partial charge in [-0.3, -0.25) is 9.79 Å². The van der Waals surface area contributed by atoms with Crippen LogP contribution >= 0.6 is 11.6 Å². The van der Waals surface area contributed by atoms with Gasteiger partial charge >= 0.3 is 5.97 Å². The third-order valence-electron chi connectivity index (χ3n) is 6.54. The Morgan fingerprint density at radius 1 is 1.19 bits per heavy atom. The van der Waals surface area contributed by atoms with Gasteiger partial charge in [0.1, 0.15) is 22.5 Å². The number of benzene rings is 2. The van der Waals surface area contributed by atoms with Crippen molar-refractivity contribution in [2.75, 3.05) is 20.2 Å². The minimum Gasteiger partial charge on any atom is -0.469 e. The number of aryl methyl sites for hydroxylation is 1. The molecule has 182 valence electrons. The number of nitriles is 1. The number of aromatic nitrogens is 2. The highest BCUT2D eigenvalue weighted by atomic mass is 35.5. The van der Waals surface area contributed by atoms with E-state index in [9.17, 15) is 10.1 Å². The highest BCUT2D eigenvalue weighted by Gasteiger charge is 2.41. The second kappa shape index (κ2) is 9.61. The van der Waals surface area contributed by atoms with E-state index in [4.69, 9.17) is 31.2 Å². The number of hydroxylamine groups is 2. The van der Waals surface area contributed by atoms with Crippen LogP contribution in [0.4, 0.5) is 0 Å². The van der Waals surface area contributed by atoms with Crippen LogP contribution < -0.4 is 4.84 Å². The van der Waals surface area contributed by atoms with Gasteiger partial charge in [0.05, 0.1) is 35.7 Å². The van der Waals surface area contributed by atoms with Gasteiger partial charge in [-0.25, -0.2) is 4.98 Å². The molecule has 36 heavy (non-hydrogen) atoms. The number of rotatable bonds is 6. The molecule has 2 unspecified atom stereocenters. The minimum atomic E-state index is -0.923. The largest absolute Gasteiger partial charge is 0.469 e. The fourth-order valence-electron chi connectivity index (χ4n) is 4.46. The maximum Gasteiger partial charge on any atom is 0.311 e. The van der Waals surface area contributed by atoms with E-state index in [1.165, 1.54) is 7.11 Å². The van der Waals surface area contributed by atoms with Gasteiger partial charge in [-0.1, -0.05) is 30.4 Å². The second-order valence-electron chi connectivity index (χ2n) is 8.74. The first-order chi connectivity index (χ1) is 17.4. The highest BCUT2D eigenvalue weighted by molar-refractivity contribution is 6.22. The number of allylic oxidation sites excluding steroid dienone is 3. The summed E-state index contributed by atoms with van der Waals surface area (Å²) in [5, 5.41) is 10.3. The first-order valence-corrected chi connectivity index (χ1v) is 11.9. The van der Waals surface area contributed by atoms with Crippen molar-refractivity contribution in [3.8, 4) is 11.8 Å². The van der Waals surface area contributed by atoms with Crippen LogP contribution in [0.2, 0.25) is 0 Å². The topological polar surface area (TPSA) is 92.7 Å². The van der Waals surface area contributed by atoms with E-state index in [0.717, 1.165) is 16.6 Å². The zero-order valence-corrected chi connectivity index (χ0v) is 20.6. The Labute approximate surface area is 213 Å². The van der Waals surface area contributed by atoms with Crippen molar-refractivity contribution in [2.45, 2.75) is 10.9 Å². The maximum absolute atomic E-state index is 11.6. The molecule has 3 aromatic rings. The molecule has 0 amide bonds. The summed E-state index contributed by atoms with van der Waals surface area (Å²) >= 11 is 7.19. The average Bonchev–Trinajstić information content (AvgIpc) is 3.04. The molecule has 2 aromatic carbocycles. The van der Waals surface area contributed by atoms with Crippen LogP contribution in [-0.4, -0.2) is 47.0 Å². The Morgan fingerprint density at radius 3 is 2.69 bits per heavy atom. The molecular formula is C27H24ClN5O3. The van der Waals surface area contributed by atoms with Crippen LogP contribution in [0.3, 0.4) is 0 Å². The summed E-state index contributed by atoms with van der Waals surface area (Å²) in [5.74, 6) is 0.874. The quantitative estimate of drug-likeness (QED) is 0.371. The number of ether oxygens (including phenoxy) is 1. The van der Waals surface area contributed by atoms with E-state index >= 15 is 0 Å². The van der Waals surface area contributed by atoms with Crippen molar-refractivity contribution >= 4 is 34.8 Å². The number of fused-ring (bicyclic) bond motifs is 1. The van der Waals surface area contributed by atoms with E-state index in [1.807, 2.05) is 66.3 Å². The SMILES string of the molecule is COC(=O)C1CN(Oc2ccc3c(c2)nc(C(Cl)C2(c4ccc(C#N)cc4)C=CC=CC=N2)n3C)C1. The highest BCUT2D eigenvalue weighted by Crippen LogP contribution is 2.45. The van der Waals surface area contributed by atoms with Gasteiger partial charge in [0.25, 0.3) is 0 Å². The molecule has 0 saturated carbocycles. The number of esters is 1. The Kier molecular flexibility index (Phi) is 6.35. The number of imidazole rings is 1. The predicted molar refractivity (Wildman–Crippen MR) is 137 cm³/mol. The molecule has 5 rings (SSSR count). The summed E-state index contributed by atoms with van der Waals surface area (Å²) < 4.78 is 6.74. The van der Waals surface area contributed by atoms with E-state index < -0.39 is 10.9 Å². The molecule has 0 N–H and O–H groups in total. The molecule has 1 fully saturated rings. The normalized spacial score (nSPS) is 20.5. The molecule has 0 radical (unpaired) electrons. The number of carbonyl (C=O) groups excluding carboxylic acids is 1. The smallest absolute Gasteiger partial charge is 0.311 e. The van der Waals surface area contributed by atoms with Crippen molar-refractivity contribution in [3.05, 3.63) is 83.7 Å². The van der Waals surface area contributed by atoms with Crippen molar-refractivity contribution in [1.29, 1.82) is 5.26 Å². The molecule has 0 bridgehead atoms. The van der Waals surface area contributed by atoms with Crippen LogP contribution in [0.15, 0.2) is 71.8 Å². The number of alkyl halides is 1. The molecule has 2 aliphatic rings. The number of methoxy groups -OCH3 is 1. The van der Waals surface area contributed by atoms with E-state index in [2.05, 4.69) is 6.07 Å². The van der Waals surface area contributed by atoms with Crippen molar-refractivity contribution in [1.82, 2.24) is 14.6 Å². The summed E-state index contributed by atoms with van der Waals surface area (Å²) in [7, 11) is 3.31. The molecule has 3 heterocycles. The molecule has 2 atom stereocenters. The van der Waals surface area contributed by atoms with Gasteiger partial charge in [-0.05, 0) is 35.9 Å². The number of nitrogens with zero attached hydrogens (tertiary/aromatic N) is 5. The zero-order valence-electron chi connectivity index (χ0n) is 19.8. The Hall–Kier alpha value is -3.93. The van der Waals surface area contributed by atoms with Gasteiger partial charge in [0.2, 0.25) is 0 Å². The summed E-state index contributed by atoms with van der Waals surface area (Å²) in [6, 6.07) is 15.1. The van der Waals surface area contributed by atoms with Gasteiger partial charge in [0.15, 0.2) is 0 Å². The fourth-order valence-corrected chi connectivity index (χ4v) is 4.91. The molecule has 8 nitrogen and oxygen atoms in total. The van der Waals surface area contributed by atoms with Crippen LogP contribution in [0.25, 0.3) is 11.0 Å². The average molecular weight is 502 g/mol. The molecule has 9 heteroatoms. The number of aliphatic imine (C=N–C) groups is 1. The summed E-state index contributed by atoms with van der Waals surface area (Å²) in [4.78, 5) is 27.2. The number of halogens is 1. The molecule has 1 aromatic heterocycles. The number of carbonyl (C=O) groups is 1. The summed E-state index contributed by atoms with van der Waals surface area (Å²) in [5.41, 5.74) is 2.12. The molecule has 0 aliphatic carbocycles. The third-order valence-corrected chi connectivity index (χ3v) is 7.07. The standard InChI is InChI=1S/C27H24ClN5O3/c1-32-23-11-10-21(36-33-16-19(17-33)26(34)35-2)14-22(23)31-25(32)24(28)27(12-4-3-5-13-30-27)20-8-6-18(15-29)7-9-20/h3-14,19,24H,16-17H2,1-2H3. The zero-order chi connectivity index (χ0) is 25.3. The van der Waals surface area contributed by atoms with E-state index in [1.54, 1.807) is 23.4 Å². The van der Waals surface area contributed by atoms with Crippen molar-refractivity contribution in [2.24, 2.45) is 18.0 Å². The lowest BCUT2D eigenvalue weighted by Gasteiger charge is -2.35. The lowest BCUT2D eigenvalue weighted by atomic mass is 9.85. The van der Waals surface area contributed by atoms with Crippen LogP contribution in [-0.2, 0) is 22.1 Å². The van der Waals surface area contributed by atoms with Crippen molar-refractivity contribution in [3.63, 3.8) is 0 Å². The van der Waals surface area contributed by atoms with Crippen LogP contribution in [0.1, 0.15) is 22.3 Å². The molecule has 0 spiro atoms. The lowest BCUT2D eigenvalue weighted by Crippen LogP contribution is -2.52. The first kappa shape index (κ1) is 23.8. The Morgan fingerprint density at radius 2 is 1.97 bits per heavy atom. The second-order valence-corrected chi connectivity index (χ2v) is 9.17. The minimum absolute atomic E-state index is 0.168. The van der Waals surface area contributed by atoms with Crippen molar-refractivity contribution < 1.29 is 14.4 Å². The number of hydrogen-bond donors (Lipinski definition) is 0. The van der Waals surface area contributed by atoms with Gasteiger partial charge in [-0.2, -0.15) is 5.26 Å². The summed E-state index contributed by atoms with van der Waals surface area (Å²) in [6.07, 6.45) is 9.37. The van der Waals surface area contributed by atoms with E-state index in [0.29, 0.717) is 30.2 Å². The predicted octanol–water partition coefficient (Wildman–Crippen LogP) is 4.22. The molecular weight excluding hydrogens is 478 g/mol.